The van der Waals surface area contributed by atoms with Gasteiger partial charge in [0.15, 0.2) is 0 Å². The molecule has 0 bridgehead atoms. The third-order valence-corrected chi connectivity index (χ3v) is 3.07. The lowest BCUT2D eigenvalue weighted by molar-refractivity contribution is 0.201. The lowest BCUT2D eigenvalue weighted by Crippen LogP contribution is -2.50. The van der Waals surface area contributed by atoms with Gasteiger partial charge in [-0.3, -0.25) is 0 Å². The first-order valence-corrected chi connectivity index (χ1v) is 6.08. The van der Waals surface area contributed by atoms with Crippen LogP contribution in [0.25, 0.3) is 0 Å². The maximum atomic E-state index is 5.07. The van der Waals surface area contributed by atoms with Gasteiger partial charge in [0.1, 0.15) is 12.1 Å². The Balaban J connectivity index is 2.08. The zero-order valence-electron chi connectivity index (χ0n) is 10.5. The maximum absolute atomic E-state index is 5.07. The van der Waals surface area contributed by atoms with Gasteiger partial charge >= 0.3 is 0 Å². The molecule has 0 aromatic carbocycles. The Morgan fingerprint density at radius 1 is 1.53 bits per heavy atom. The Morgan fingerprint density at radius 3 is 3.18 bits per heavy atom. The summed E-state index contributed by atoms with van der Waals surface area (Å²) in [6.07, 6.45) is 2.49. The summed E-state index contributed by atoms with van der Waals surface area (Å²) in [6, 6.07) is 2.55. The van der Waals surface area contributed by atoms with E-state index in [0.717, 1.165) is 37.6 Å². The van der Waals surface area contributed by atoms with Gasteiger partial charge in [0.05, 0.1) is 6.61 Å². The van der Waals surface area contributed by atoms with Crippen LogP contribution < -0.4 is 10.2 Å². The van der Waals surface area contributed by atoms with E-state index >= 15 is 0 Å². The average molecular weight is 236 g/mol. The number of piperazine rings is 1. The molecule has 1 aliphatic heterocycles. The molecule has 0 amide bonds. The zero-order chi connectivity index (χ0) is 12.1. The number of hydrogen-bond donors (Lipinski definition) is 1. The smallest absolute Gasteiger partial charge is 0.132 e. The van der Waals surface area contributed by atoms with Crippen LogP contribution in [0.5, 0.6) is 0 Å². The topological polar surface area (TPSA) is 50.3 Å². The summed E-state index contributed by atoms with van der Waals surface area (Å²) in [5, 5.41) is 3.38. The minimum atomic E-state index is 0.480. The second-order valence-electron chi connectivity index (χ2n) is 4.36. The van der Waals surface area contributed by atoms with Crippen LogP contribution in [-0.2, 0) is 11.2 Å². The Labute approximate surface area is 102 Å². The van der Waals surface area contributed by atoms with Crippen molar-refractivity contribution in [3.05, 3.63) is 18.1 Å². The van der Waals surface area contributed by atoms with E-state index in [1.54, 1.807) is 13.4 Å². The third kappa shape index (κ3) is 3.14. The van der Waals surface area contributed by atoms with E-state index < -0.39 is 0 Å². The van der Waals surface area contributed by atoms with Crippen molar-refractivity contribution in [1.29, 1.82) is 0 Å². The van der Waals surface area contributed by atoms with Crippen LogP contribution >= 0.6 is 0 Å². The molecule has 1 fully saturated rings. The first-order valence-electron chi connectivity index (χ1n) is 6.08. The number of ether oxygens (including phenoxy) is 1. The number of anilines is 1. The minimum absolute atomic E-state index is 0.480. The van der Waals surface area contributed by atoms with E-state index in [0.29, 0.717) is 12.6 Å². The highest BCUT2D eigenvalue weighted by molar-refractivity contribution is 5.40. The number of rotatable bonds is 4. The molecule has 1 N–H and O–H groups in total. The van der Waals surface area contributed by atoms with Gasteiger partial charge in [0.25, 0.3) is 0 Å². The van der Waals surface area contributed by atoms with E-state index in [4.69, 9.17) is 4.74 Å². The summed E-state index contributed by atoms with van der Waals surface area (Å²) >= 11 is 0. The highest BCUT2D eigenvalue weighted by atomic mass is 16.5. The van der Waals surface area contributed by atoms with Crippen LogP contribution in [0, 0.1) is 0 Å². The Hall–Kier alpha value is -1.20. The molecule has 1 atom stereocenters. The zero-order valence-corrected chi connectivity index (χ0v) is 10.5. The molecule has 0 saturated carbocycles. The molecule has 94 valence electrons. The molecular formula is C12H20N4O. The summed E-state index contributed by atoms with van der Waals surface area (Å²) in [6.45, 7) is 5.94. The van der Waals surface area contributed by atoms with Crippen molar-refractivity contribution in [3.63, 3.8) is 0 Å². The predicted molar refractivity (Wildman–Crippen MR) is 67.3 cm³/mol. The van der Waals surface area contributed by atoms with Crippen LogP contribution in [-0.4, -0.2) is 49.4 Å². The number of nitrogens with zero attached hydrogens (tertiary/aromatic N) is 3. The Kier molecular flexibility index (Phi) is 4.28. The highest BCUT2D eigenvalue weighted by Crippen LogP contribution is 2.15. The summed E-state index contributed by atoms with van der Waals surface area (Å²) < 4.78 is 5.07. The number of methoxy groups -OCH3 is 1. The first-order chi connectivity index (χ1) is 8.31. The molecule has 2 heterocycles. The monoisotopic (exact) mass is 236 g/mol. The van der Waals surface area contributed by atoms with Gasteiger partial charge in [-0.2, -0.15) is 0 Å². The fourth-order valence-electron chi connectivity index (χ4n) is 2.07. The fraction of sp³-hybridized carbons (Fsp3) is 0.667. The molecule has 0 aliphatic carbocycles. The standard InChI is InChI=1S/C12H20N4O/c1-10-8-13-4-5-16(10)12-7-11(3-6-17-2)14-9-15-12/h7,9-10,13H,3-6,8H2,1-2H3/t10-/m1/s1. The van der Waals surface area contributed by atoms with Gasteiger partial charge in [-0.15, -0.1) is 0 Å². The van der Waals surface area contributed by atoms with Gasteiger partial charge in [0, 0.05) is 51.0 Å². The minimum Gasteiger partial charge on any atom is -0.384 e. The molecule has 0 radical (unpaired) electrons. The van der Waals surface area contributed by atoms with Crippen molar-refractivity contribution >= 4 is 5.82 Å². The van der Waals surface area contributed by atoms with Crippen molar-refractivity contribution in [3.8, 4) is 0 Å². The molecule has 0 spiro atoms. The molecule has 1 aliphatic rings. The van der Waals surface area contributed by atoms with Gasteiger partial charge < -0.3 is 15.0 Å². The Morgan fingerprint density at radius 2 is 2.41 bits per heavy atom. The van der Waals surface area contributed by atoms with Crippen LogP contribution in [0.2, 0.25) is 0 Å². The van der Waals surface area contributed by atoms with Crippen molar-refractivity contribution in [2.45, 2.75) is 19.4 Å². The second kappa shape index (κ2) is 5.93. The molecule has 0 unspecified atom stereocenters. The molecule has 5 nitrogen and oxygen atoms in total. The van der Waals surface area contributed by atoms with E-state index in [-0.39, 0.29) is 0 Å². The summed E-state index contributed by atoms with van der Waals surface area (Å²) in [4.78, 5) is 11.0. The quantitative estimate of drug-likeness (QED) is 0.823. The number of aromatic nitrogens is 2. The lowest BCUT2D eigenvalue weighted by Gasteiger charge is -2.34. The molecule has 1 aromatic rings. The largest absolute Gasteiger partial charge is 0.384 e. The summed E-state index contributed by atoms with van der Waals surface area (Å²) in [5.74, 6) is 1.03. The van der Waals surface area contributed by atoms with Gasteiger partial charge in [-0.1, -0.05) is 0 Å². The highest BCUT2D eigenvalue weighted by Gasteiger charge is 2.19. The maximum Gasteiger partial charge on any atom is 0.132 e. The normalized spacial score (nSPS) is 20.6. The van der Waals surface area contributed by atoms with Crippen LogP contribution in [0.1, 0.15) is 12.6 Å². The van der Waals surface area contributed by atoms with E-state index in [1.807, 2.05) is 0 Å². The third-order valence-electron chi connectivity index (χ3n) is 3.07. The molecule has 1 saturated heterocycles. The van der Waals surface area contributed by atoms with E-state index in [9.17, 15) is 0 Å². The molecule has 17 heavy (non-hydrogen) atoms. The fourth-order valence-corrected chi connectivity index (χ4v) is 2.07. The average Bonchev–Trinajstić information content (AvgIpc) is 2.37. The summed E-state index contributed by atoms with van der Waals surface area (Å²) in [5.41, 5.74) is 1.04. The second-order valence-corrected chi connectivity index (χ2v) is 4.36. The summed E-state index contributed by atoms with van der Waals surface area (Å²) in [7, 11) is 1.71. The van der Waals surface area contributed by atoms with E-state index in [2.05, 4.69) is 33.2 Å². The van der Waals surface area contributed by atoms with Gasteiger partial charge in [-0.25, -0.2) is 9.97 Å². The van der Waals surface area contributed by atoms with Crippen LogP contribution in [0.15, 0.2) is 12.4 Å². The van der Waals surface area contributed by atoms with Crippen LogP contribution in [0.3, 0.4) is 0 Å². The van der Waals surface area contributed by atoms with Crippen molar-refractivity contribution < 1.29 is 4.74 Å². The molecule has 5 heteroatoms. The number of nitrogens with one attached hydrogen (secondary N) is 1. The SMILES string of the molecule is COCCc1cc(N2CCNC[C@H]2C)ncn1. The molecule has 2 rings (SSSR count). The van der Waals surface area contributed by atoms with Crippen molar-refractivity contribution in [2.24, 2.45) is 0 Å². The van der Waals surface area contributed by atoms with Gasteiger partial charge in [-0.05, 0) is 6.92 Å². The van der Waals surface area contributed by atoms with Gasteiger partial charge in [0.2, 0.25) is 0 Å². The van der Waals surface area contributed by atoms with Crippen LogP contribution in [0.4, 0.5) is 5.82 Å². The van der Waals surface area contributed by atoms with Crippen molar-refractivity contribution in [2.75, 3.05) is 38.3 Å². The number of hydrogen-bond acceptors (Lipinski definition) is 5. The van der Waals surface area contributed by atoms with Crippen molar-refractivity contribution in [1.82, 2.24) is 15.3 Å². The lowest BCUT2D eigenvalue weighted by atomic mass is 10.2. The molecule has 1 aromatic heterocycles. The van der Waals surface area contributed by atoms with E-state index in [1.165, 1.54) is 0 Å². The predicted octanol–water partition coefficient (Wildman–Crippen LogP) is 0.464. The molecular weight excluding hydrogens is 216 g/mol. The first kappa shape index (κ1) is 12.3. The Bertz CT molecular complexity index is 358.